The minimum Gasteiger partial charge on any atom is -0.469 e. The van der Waals surface area contributed by atoms with Crippen LogP contribution in [0.1, 0.15) is 18.9 Å². The number of benzene rings is 1. The fourth-order valence-electron chi connectivity index (χ4n) is 1.71. The van der Waals surface area contributed by atoms with Gasteiger partial charge in [0.2, 0.25) is 10.0 Å². The number of carbonyl (C=O) groups is 1. The first-order chi connectivity index (χ1) is 9.32. The van der Waals surface area contributed by atoms with Gasteiger partial charge < -0.3 is 10.5 Å². The van der Waals surface area contributed by atoms with Crippen LogP contribution in [0.2, 0.25) is 0 Å². The number of anilines is 1. The summed E-state index contributed by atoms with van der Waals surface area (Å²) in [6.07, 6.45) is 0.749. The van der Waals surface area contributed by atoms with Crippen molar-refractivity contribution in [2.45, 2.75) is 24.7 Å². The van der Waals surface area contributed by atoms with Crippen molar-refractivity contribution >= 4 is 21.7 Å². The van der Waals surface area contributed by atoms with E-state index >= 15 is 0 Å². The van der Waals surface area contributed by atoms with Crippen molar-refractivity contribution in [3.8, 4) is 0 Å². The molecule has 0 aliphatic carbocycles. The van der Waals surface area contributed by atoms with Crippen LogP contribution >= 0.6 is 0 Å². The molecule has 20 heavy (non-hydrogen) atoms. The van der Waals surface area contributed by atoms with Crippen molar-refractivity contribution in [1.29, 1.82) is 0 Å². The number of hydrogen-bond donors (Lipinski definition) is 1. The van der Waals surface area contributed by atoms with Gasteiger partial charge in [0.1, 0.15) is 0 Å². The average molecular weight is 300 g/mol. The smallest absolute Gasteiger partial charge is 0.306 e. The Labute approximate surface area is 119 Å². The number of sulfonamides is 1. The largest absolute Gasteiger partial charge is 0.469 e. The fourth-order valence-corrected chi connectivity index (χ4v) is 2.91. The number of nitrogens with zero attached hydrogens (tertiary/aromatic N) is 1. The van der Waals surface area contributed by atoms with Crippen LogP contribution in [0, 0.1) is 0 Å². The number of esters is 1. The second kappa shape index (κ2) is 6.71. The van der Waals surface area contributed by atoms with E-state index in [4.69, 9.17) is 5.73 Å². The lowest BCUT2D eigenvalue weighted by molar-refractivity contribution is -0.140. The average Bonchev–Trinajstić information content (AvgIpc) is 2.43. The third-order valence-corrected chi connectivity index (χ3v) is 4.92. The Morgan fingerprint density at radius 3 is 2.55 bits per heavy atom. The number of rotatable bonds is 6. The third kappa shape index (κ3) is 3.71. The van der Waals surface area contributed by atoms with Crippen LogP contribution in [0.3, 0.4) is 0 Å². The van der Waals surface area contributed by atoms with Crippen molar-refractivity contribution in [1.82, 2.24) is 4.31 Å². The van der Waals surface area contributed by atoms with Crippen LogP contribution in [-0.2, 0) is 26.0 Å². The maximum Gasteiger partial charge on any atom is 0.306 e. The van der Waals surface area contributed by atoms with Crippen LogP contribution in [0.15, 0.2) is 23.1 Å². The fraction of sp³-hybridized carbons (Fsp3) is 0.462. The van der Waals surface area contributed by atoms with E-state index in [0.717, 1.165) is 16.3 Å². The molecule has 0 amide bonds. The highest BCUT2D eigenvalue weighted by molar-refractivity contribution is 7.89. The first-order valence-corrected chi connectivity index (χ1v) is 7.68. The van der Waals surface area contributed by atoms with Gasteiger partial charge in [-0.25, -0.2) is 12.7 Å². The quantitative estimate of drug-likeness (QED) is 0.625. The lowest BCUT2D eigenvalue weighted by Crippen LogP contribution is -2.29. The first-order valence-electron chi connectivity index (χ1n) is 6.24. The zero-order valence-electron chi connectivity index (χ0n) is 11.9. The van der Waals surface area contributed by atoms with Gasteiger partial charge in [-0.05, 0) is 24.1 Å². The normalized spacial score (nSPS) is 11.6. The molecular weight excluding hydrogens is 280 g/mol. The predicted octanol–water partition coefficient (Wildman–Crippen LogP) is 1.01. The van der Waals surface area contributed by atoms with Crippen molar-refractivity contribution in [3.05, 3.63) is 23.8 Å². The van der Waals surface area contributed by atoms with E-state index in [1.807, 2.05) is 6.92 Å². The lowest BCUT2D eigenvalue weighted by Gasteiger charge is -2.17. The number of nitrogens with two attached hydrogens (primary N) is 1. The van der Waals surface area contributed by atoms with E-state index in [0.29, 0.717) is 5.69 Å². The number of carbonyl (C=O) groups excluding carboxylic acids is 1. The minimum absolute atomic E-state index is 0.00869. The van der Waals surface area contributed by atoms with Gasteiger partial charge in [-0.3, -0.25) is 4.79 Å². The molecule has 0 unspecified atom stereocenters. The summed E-state index contributed by atoms with van der Waals surface area (Å²) < 4.78 is 30.2. The van der Waals surface area contributed by atoms with Gasteiger partial charge in [0, 0.05) is 19.3 Å². The number of nitrogen functional groups attached to an aromatic ring is 1. The maximum absolute atomic E-state index is 12.3. The van der Waals surface area contributed by atoms with Crippen LogP contribution in [0.5, 0.6) is 0 Å². The number of hydrogen-bond acceptors (Lipinski definition) is 5. The summed E-state index contributed by atoms with van der Waals surface area (Å²) >= 11 is 0. The summed E-state index contributed by atoms with van der Waals surface area (Å²) in [4.78, 5) is 11.2. The standard InChI is InChI=1S/C13H20N2O4S/c1-4-10-5-6-11(9-12(10)14)20(17,18)15(2)8-7-13(16)19-3/h5-6,9H,4,7-8,14H2,1-3H3. The van der Waals surface area contributed by atoms with Crippen molar-refractivity contribution in [2.75, 3.05) is 26.4 Å². The maximum atomic E-state index is 12.3. The summed E-state index contributed by atoms with van der Waals surface area (Å²) in [5.74, 6) is -0.451. The molecule has 0 aliphatic heterocycles. The van der Waals surface area contributed by atoms with Crippen molar-refractivity contribution in [3.63, 3.8) is 0 Å². The molecule has 0 aromatic heterocycles. The van der Waals surface area contributed by atoms with Crippen molar-refractivity contribution in [2.24, 2.45) is 0 Å². The topological polar surface area (TPSA) is 89.7 Å². The SMILES string of the molecule is CCc1ccc(S(=O)(=O)N(C)CCC(=O)OC)cc1N. The number of ether oxygens (including phenoxy) is 1. The molecule has 0 bridgehead atoms. The number of methoxy groups -OCH3 is 1. The van der Waals surface area contributed by atoms with Gasteiger partial charge in [0.15, 0.2) is 0 Å². The van der Waals surface area contributed by atoms with Crippen LogP contribution in [0.25, 0.3) is 0 Å². The monoisotopic (exact) mass is 300 g/mol. The van der Waals surface area contributed by atoms with Crippen molar-refractivity contribution < 1.29 is 17.9 Å². The second-order valence-corrected chi connectivity index (χ2v) is 6.41. The first kappa shape index (κ1) is 16.5. The summed E-state index contributed by atoms with van der Waals surface area (Å²) in [5.41, 5.74) is 7.17. The predicted molar refractivity (Wildman–Crippen MR) is 76.7 cm³/mol. The van der Waals surface area contributed by atoms with Gasteiger partial charge in [0.25, 0.3) is 0 Å². The van der Waals surface area contributed by atoms with E-state index in [2.05, 4.69) is 4.74 Å². The summed E-state index contributed by atoms with van der Waals surface area (Å²) in [6.45, 7) is 2.01. The summed E-state index contributed by atoms with van der Waals surface area (Å²) in [7, 11) is -0.961. The molecule has 112 valence electrons. The zero-order valence-corrected chi connectivity index (χ0v) is 12.7. The summed E-state index contributed by atoms with van der Waals surface area (Å²) in [5, 5.41) is 0. The minimum atomic E-state index is -3.64. The Hall–Kier alpha value is -1.60. The molecule has 0 atom stereocenters. The molecule has 1 aromatic carbocycles. The molecule has 0 fully saturated rings. The van der Waals surface area contributed by atoms with E-state index in [1.165, 1.54) is 26.3 Å². The van der Waals surface area contributed by atoms with Crippen LogP contribution in [0.4, 0.5) is 5.69 Å². The number of aryl methyl sites for hydroxylation is 1. The van der Waals surface area contributed by atoms with Crippen LogP contribution < -0.4 is 5.73 Å². The molecule has 7 heteroatoms. The van der Waals surface area contributed by atoms with Gasteiger partial charge in [-0.2, -0.15) is 0 Å². The molecule has 0 saturated carbocycles. The lowest BCUT2D eigenvalue weighted by atomic mass is 10.1. The Morgan fingerprint density at radius 1 is 1.40 bits per heavy atom. The highest BCUT2D eigenvalue weighted by atomic mass is 32.2. The molecule has 1 aromatic rings. The van der Waals surface area contributed by atoms with E-state index in [1.54, 1.807) is 6.07 Å². The van der Waals surface area contributed by atoms with Gasteiger partial charge >= 0.3 is 5.97 Å². The van der Waals surface area contributed by atoms with E-state index in [-0.39, 0.29) is 17.9 Å². The van der Waals surface area contributed by atoms with Gasteiger partial charge in [-0.15, -0.1) is 0 Å². The molecule has 6 nitrogen and oxygen atoms in total. The van der Waals surface area contributed by atoms with Crippen LogP contribution in [-0.4, -0.2) is 39.4 Å². The Kier molecular flexibility index (Phi) is 5.52. The summed E-state index contributed by atoms with van der Waals surface area (Å²) in [6, 6.07) is 4.68. The zero-order chi connectivity index (χ0) is 15.3. The molecule has 0 spiro atoms. The Balaban J connectivity index is 2.92. The third-order valence-electron chi connectivity index (χ3n) is 3.06. The van der Waals surface area contributed by atoms with E-state index < -0.39 is 16.0 Å². The molecule has 0 saturated heterocycles. The Morgan fingerprint density at radius 2 is 2.05 bits per heavy atom. The molecular formula is C13H20N2O4S. The van der Waals surface area contributed by atoms with Gasteiger partial charge in [0.05, 0.1) is 18.4 Å². The molecule has 1 rings (SSSR count). The highest BCUT2D eigenvalue weighted by Gasteiger charge is 2.22. The molecule has 2 N–H and O–H groups in total. The molecule has 0 heterocycles. The molecule has 0 radical (unpaired) electrons. The Bertz CT molecular complexity index is 584. The highest BCUT2D eigenvalue weighted by Crippen LogP contribution is 2.21. The van der Waals surface area contributed by atoms with Gasteiger partial charge in [-0.1, -0.05) is 13.0 Å². The van der Waals surface area contributed by atoms with E-state index in [9.17, 15) is 13.2 Å². The second-order valence-electron chi connectivity index (χ2n) is 4.37. The molecule has 0 aliphatic rings.